The summed E-state index contributed by atoms with van der Waals surface area (Å²) in [7, 11) is 0. The number of nitrogens with one attached hydrogen (secondary N) is 1. The summed E-state index contributed by atoms with van der Waals surface area (Å²) < 4.78 is 0. The molecule has 1 fully saturated rings. The third-order valence-electron chi connectivity index (χ3n) is 5.10. The van der Waals surface area contributed by atoms with Crippen LogP contribution in [0.4, 0.5) is 5.69 Å². The smallest absolute Gasteiger partial charge is 0.251 e. The molecular weight excluding hydrogens is 338 g/mol. The number of aryl methyl sites for hydroxylation is 2. The third-order valence-corrected chi connectivity index (χ3v) is 5.10. The number of amides is 2. The van der Waals surface area contributed by atoms with Gasteiger partial charge < -0.3 is 15.1 Å². The minimum absolute atomic E-state index is 0.101. The second kappa shape index (κ2) is 8.71. The predicted molar refractivity (Wildman–Crippen MR) is 108 cm³/mol. The molecule has 3 rings (SSSR count). The molecule has 2 aromatic rings. The summed E-state index contributed by atoms with van der Waals surface area (Å²) in [6.07, 6.45) is 0.335. The van der Waals surface area contributed by atoms with Crippen molar-refractivity contribution in [1.29, 1.82) is 0 Å². The SMILES string of the molecule is Cc1ccccc1C(=O)NCCC(=O)N1CCN(c2ccccc2C)CC1. The minimum atomic E-state index is -0.120. The van der Waals surface area contributed by atoms with Gasteiger partial charge in [0.15, 0.2) is 0 Å². The van der Waals surface area contributed by atoms with Gasteiger partial charge in [0.1, 0.15) is 0 Å². The largest absolute Gasteiger partial charge is 0.368 e. The van der Waals surface area contributed by atoms with Gasteiger partial charge in [-0.1, -0.05) is 36.4 Å². The predicted octanol–water partition coefficient (Wildman–Crippen LogP) is 2.77. The lowest BCUT2D eigenvalue weighted by Gasteiger charge is -2.36. The Morgan fingerprint density at radius 3 is 2.19 bits per heavy atom. The van der Waals surface area contributed by atoms with Crippen LogP contribution < -0.4 is 10.2 Å². The Morgan fingerprint density at radius 1 is 0.889 bits per heavy atom. The fourth-order valence-corrected chi connectivity index (χ4v) is 3.48. The van der Waals surface area contributed by atoms with E-state index in [2.05, 4.69) is 35.3 Å². The number of carbonyl (C=O) groups excluding carboxylic acids is 2. The summed E-state index contributed by atoms with van der Waals surface area (Å²) in [5.74, 6) is -0.0187. The number of carbonyl (C=O) groups is 2. The van der Waals surface area contributed by atoms with Crippen molar-refractivity contribution in [2.45, 2.75) is 20.3 Å². The maximum absolute atomic E-state index is 12.4. The van der Waals surface area contributed by atoms with Crippen LogP contribution in [0.1, 0.15) is 27.9 Å². The first kappa shape index (κ1) is 19.0. The molecule has 2 aromatic carbocycles. The quantitative estimate of drug-likeness (QED) is 0.886. The molecule has 0 unspecified atom stereocenters. The Bertz CT molecular complexity index is 811. The van der Waals surface area contributed by atoms with Gasteiger partial charge in [-0.3, -0.25) is 9.59 Å². The van der Waals surface area contributed by atoms with E-state index < -0.39 is 0 Å². The van der Waals surface area contributed by atoms with Gasteiger partial charge >= 0.3 is 0 Å². The van der Waals surface area contributed by atoms with Gasteiger partial charge in [0.2, 0.25) is 5.91 Å². The van der Waals surface area contributed by atoms with Crippen molar-refractivity contribution < 1.29 is 9.59 Å². The van der Waals surface area contributed by atoms with Crippen LogP contribution >= 0.6 is 0 Å². The number of hydrogen-bond donors (Lipinski definition) is 1. The fourth-order valence-electron chi connectivity index (χ4n) is 3.48. The zero-order valence-electron chi connectivity index (χ0n) is 16.1. The topological polar surface area (TPSA) is 52.7 Å². The van der Waals surface area contributed by atoms with Gasteiger partial charge in [-0.05, 0) is 37.1 Å². The van der Waals surface area contributed by atoms with E-state index in [4.69, 9.17) is 0 Å². The van der Waals surface area contributed by atoms with Crippen molar-refractivity contribution in [3.8, 4) is 0 Å². The molecule has 0 atom stereocenters. The van der Waals surface area contributed by atoms with E-state index in [-0.39, 0.29) is 11.8 Å². The summed E-state index contributed by atoms with van der Waals surface area (Å²) in [6, 6.07) is 15.8. The number of benzene rings is 2. The average molecular weight is 365 g/mol. The molecule has 0 aliphatic carbocycles. The van der Waals surface area contributed by atoms with Gasteiger partial charge in [0, 0.05) is 50.4 Å². The number of anilines is 1. The molecule has 142 valence electrons. The minimum Gasteiger partial charge on any atom is -0.368 e. The fraction of sp³-hybridized carbons (Fsp3) is 0.364. The lowest BCUT2D eigenvalue weighted by atomic mass is 10.1. The van der Waals surface area contributed by atoms with Crippen LogP contribution in [0.3, 0.4) is 0 Å². The molecule has 5 heteroatoms. The van der Waals surface area contributed by atoms with Crippen molar-refractivity contribution in [2.24, 2.45) is 0 Å². The second-order valence-electron chi connectivity index (χ2n) is 6.98. The summed E-state index contributed by atoms with van der Waals surface area (Å²) in [5.41, 5.74) is 4.11. The zero-order chi connectivity index (χ0) is 19.2. The highest BCUT2D eigenvalue weighted by molar-refractivity contribution is 5.95. The summed E-state index contributed by atoms with van der Waals surface area (Å²) in [4.78, 5) is 28.9. The van der Waals surface area contributed by atoms with Gasteiger partial charge in [-0.25, -0.2) is 0 Å². The van der Waals surface area contributed by atoms with E-state index in [0.29, 0.717) is 18.5 Å². The first-order chi connectivity index (χ1) is 13.1. The number of rotatable bonds is 5. The molecule has 1 aliphatic rings. The number of hydrogen-bond acceptors (Lipinski definition) is 3. The first-order valence-electron chi connectivity index (χ1n) is 9.48. The highest BCUT2D eigenvalue weighted by atomic mass is 16.2. The molecule has 0 saturated carbocycles. The molecule has 27 heavy (non-hydrogen) atoms. The molecule has 2 amide bonds. The van der Waals surface area contributed by atoms with Crippen molar-refractivity contribution >= 4 is 17.5 Å². The Balaban J connectivity index is 1.44. The number of piperazine rings is 1. The van der Waals surface area contributed by atoms with Crippen LogP contribution in [0.25, 0.3) is 0 Å². The molecule has 1 heterocycles. The Hall–Kier alpha value is -2.82. The molecule has 1 saturated heterocycles. The highest BCUT2D eigenvalue weighted by Crippen LogP contribution is 2.20. The van der Waals surface area contributed by atoms with Crippen molar-refractivity contribution in [1.82, 2.24) is 10.2 Å². The summed E-state index contributed by atoms with van der Waals surface area (Å²) >= 11 is 0. The van der Waals surface area contributed by atoms with E-state index in [0.717, 1.165) is 31.7 Å². The van der Waals surface area contributed by atoms with Gasteiger partial charge in [-0.15, -0.1) is 0 Å². The Kier molecular flexibility index (Phi) is 6.12. The second-order valence-corrected chi connectivity index (χ2v) is 6.98. The molecule has 5 nitrogen and oxygen atoms in total. The van der Waals surface area contributed by atoms with Crippen LogP contribution in [0.15, 0.2) is 48.5 Å². The molecule has 0 spiro atoms. The van der Waals surface area contributed by atoms with E-state index >= 15 is 0 Å². The van der Waals surface area contributed by atoms with Crippen molar-refractivity contribution in [3.05, 3.63) is 65.2 Å². The lowest BCUT2D eigenvalue weighted by molar-refractivity contribution is -0.131. The maximum atomic E-state index is 12.4. The molecule has 0 aromatic heterocycles. The van der Waals surface area contributed by atoms with E-state index in [1.807, 2.05) is 36.1 Å². The molecular formula is C22H27N3O2. The Morgan fingerprint density at radius 2 is 1.52 bits per heavy atom. The molecule has 1 N–H and O–H groups in total. The average Bonchev–Trinajstić information content (AvgIpc) is 2.68. The summed E-state index contributed by atoms with van der Waals surface area (Å²) in [6.45, 7) is 7.51. The van der Waals surface area contributed by atoms with Gasteiger partial charge in [0.05, 0.1) is 0 Å². The van der Waals surface area contributed by atoms with Crippen LogP contribution in [-0.4, -0.2) is 49.4 Å². The molecule has 1 aliphatic heterocycles. The zero-order valence-corrected chi connectivity index (χ0v) is 16.1. The molecule has 0 bridgehead atoms. The van der Waals surface area contributed by atoms with Crippen LogP contribution in [0, 0.1) is 13.8 Å². The van der Waals surface area contributed by atoms with Crippen LogP contribution in [-0.2, 0) is 4.79 Å². The third kappa shape index (κ3) is 4.67. The van der Waals surface area contributed by atoms with Crippen molar-refractivity contribution in [2.75, 3.05) is 37.6 Å². The van der Waals surface area contributed by atoms with Gasteiger partial charge in [0.25, 0.3) is 5.91 Å². The van der Waals surface area contributed by atoms with E-state index in [1.165, 1.54) is 11.3 Å². The van der Waals surface area contributed by atoms with Crippen LogP contribution in [0.5, 0.6) is 0 Å². The van der Waals surface area contributed by atoms with E-state index in [9.17, 15) is 9.59 Å². The monoisotopic (exact) mass is 365 g/mol. The van der Waals surface area contributed by atoms with Crippen LogP contribution in [0.2, 0.25) is 0 Å². The number of nitrogens with zero attached hydrogens (tertiary/aromatic N) is 2. The lowest BCUT2D eigenvalue weighted by Crippen LogP contribution is -2.49. The Labute approximate surface area is 161 Å². The first-order valence-corrected chi connectivity index (χ1v) is 9.48. The maximum Gasteiger partial charge on any atom is 0.251 e. The standard InChI is InChI=1S/C22H27N3O2/c1-17-7-3-5-9-19(17)22(27)23-12-11-21(26)25-15-13-24(14-16-25)20-10-6-4-8-18(20)2/h3-10H,11-16H2,1-2H3,(H,23,27). The van der Waals surface area contributed by atoms with E-state index in [1.54, 1.807) is 6.07 Å². The number of para-hydroxylation sites is 1. The van der Waals surface area contributed by atoms with Gasteiger partial charge in [-0.2, -0.15) is 0 Å². The molecule has 0 radical (unpaired) electrons. The normalized spacial score (nSPS) is 14.1. The van der Waals surface area contributed by atoms with Crippen molar-refractivity contribution in [3.63, 3.8) is 0 Å². The highest BCUT2D eigenvalue weighted by Gasteiger charge is 2.21. The summed E-state index contributed by atoms with van der Waals surface area (Å²) in [5, 5.41) is 2.86.